The molecular weight excluding hydrogens is 181 g/mol. The minimum Gasteiger partial charge on any atom is -0.507 e. The van der Waals surface area contributed by atoms with Crippen molar-refractivity contribution < 1.29 is 18.3 Å². The summed E-state index contributed by atoms with van der Waals surface area (Å²) in [5.41, 5.74) is -0.713. The number of alkyl halides is 3. The molecule has 0 aliphatic rings. The van der Waals surface area contributed by atoms with Crippen LogP contribution in [0, 0.1) is 0 Å². The smallest absolute Gasteiger partial charge is 0.416 e. The Hall–Kier alpha value is -1.45. The lowest BCUT2D eigenvalue weighted by Gasteiger charge is -2.07. The third-order valence-corrected chi connectivity index (χ3v) is 1.57. The van der Waals surface area contributed by atoms with Crippen LogP contribution in [0.2, 0.25) is 0 Å². The van der Waals surface area contributed by atoms with Crippen LogP contribution in [-0.2, 0) is 6.18 Å². The van der Waals surface area contributed by atoms with Crippen LogP contribution >= 0.6 is 0 Å². The van der Waals surface area contributed by atoms with Gasteiger partial charge >= 0.3 is 6.18 Å². The van der Waals surface area contributed by atoms with Crippen LogP contribution in [0.1, 0.15) is 11.1 Å². The summed E-state index contributed by atoms with van der Waals surface area (Å²) < 4.78 is 36.4. The van der Waals surface area contributed by atoms with Crippen molar-refractivity contribution in [1.29, 1.82) is 0 Å². The van der Waals surface area contributed by atoms with Crippen LogP contribution in [0.3, 0.4) is 0 Å². The third-order valence-electron chi connectivity index (χ3n) is 1.57. The lowest BCUT2D eigenvalue weighted by Crippen LogP contribution is -2.04. The van der Waals surface area contributed by atoms with Gasteiger partial charge in [-0.25, -0.2) is 0 Å². The van der Waals surface area contributed by atoms with Crippen LogP contribution in [0.4, 0.5) is 13.2 Å². The van der Waals surface area contributed by atoms with E-state index in [1.165, 1.54) is 6.08 Å². The summed E-state index contributed by atoms with van der Waals surface area (Å²) in [4.78, 5) is 0. The van der Waals surface area contributed by atoms with Gasteiger partial charge in [-0.3, -0.25) is 0 Å². The van der Waals surface area contributed by atoms with E-state index in [9.17, 15) is 13.2 Å². The third kappa shape index (κ3) is 2.02. The maximum atomic E-state index is 12.1. The maximum Gasteiger partial charge on any atom is 0.416 e. The number of hydrogen-bond donors (Lipinski definition) is 1. The van der Waals surface area contributed by atoms with Crippen LogP contribution in [0.5, 0.6) is 5.75 Å². The lowest BCUT2D eigenvalue weighted by molar-refractivity contribution is -0.137. The zero-order chi connectivity index (χ0) is 10.1. The van der Waals surface area contributed by atoms with Gasteiger partial charge in [-0.05, 0) is 18.2 Å². The van der Waals surface area contributed by atoms with Gasteiger partial charge in [0.15, 0.2) is 0 Å². The molecule has 70 valence electrons. The van der Waals surface area contributed by atoms with Crippen molar-refractivity contribution >= 4 is 6.08 Å². The summed E-state index contributed by atoms with van der Waals surface area (Å²) in [6.07, 6.45) is -3.21. The van der Waals surface area contributed by atoms with E-state index in [0.29, 0.717) is 0 Å². The molecule has 0 aliphatic carbocycles. The maximum absolute atomic E-state index is 12.1. The van der Waals surface area contributed by atoms with E-state index in [1.807, 2.05) is 0 Å². The second-order valence-electron chi connectivity index (χ2n) is 2.48. The summed E-state index contributed by atoms with van der Waals surface area (Å²) in [6.45, 7) is 3.29. The highest BCUT2D eigenvalue weighted by molar-refractivity contribution is 5.56. The number of hydrogen-bond acceptors (Lipinski definition) is 1. The van der Waals surface area contributed by atoms with Crippen LogP contribution in [0.15, 0.2) is 24.8 Å². The van der Waals surface area contributed by atoms with E-state index in [4.69, 9.17) is 5.11 Å². The highest BCUT2D eigenvalue weighted by Crippen LogP contribution is 2.32. The molecule has 1 aromatic carbocycles. The van der Waals surface area contributed by atoms with E-state index < -0.39 is 11.7 Å². The average Bonchev–Trinajstić information content (AvgIpc) is 2.03. The van der Waals surface area contributed by atoms with Gasteiger partial charge in [-0.1, -0.05) is 12.7 Å². The summed E-state index contributed by atoms with van der Waals surface area (Å²) in [7, 11) is 0. The molecule has 0 spiro atoms. The monoisotopic (exact) mass is 188 g/mol. The molecule has 1 rings (SSSR count). The van der Waals surface area contributed by atoms with Gasteiger partial charge < -0.3 is 5.11 Å². The number of rotatable bonds is 1. The molecule has 0 fully saturated rings. The van der Waals surface area contributed by atoms with E-state index >= 15 is 0 Å². The Bertz CT molecular complexity index is 328. The zero-order valence-electron chi connectivity index (χ0n) is 6.60. The van der Waals surface area contributed by atoms with Gasteiger partial charge in [0.1, 0.15) is 5.75 Å². The molecule has 0 aliphatic heterocycles. The predicted octanol–water partition coefficient (Wildman–Crippen LogP) is 3.05. The summed E-state index contributed by atoms with van der Waals surface area (Å²) in [5.74, 6) is -0.206. The fraction of sp³-hybridized carbons (Fsp3) is 0.111. The quantitative estimate of drug-likeness (QED) is 0.718. The van der Waals surface area contributed by atoms with Gasteiger partial charge in [0.25, 0.3) is 0 Å². The molecule has 0 saturated heterocycles. The first-order valence-corrected chi connectivity index (χ1v) is 3.48. The highest BCUT2D eigenvalue weighted by atomic mass is 19.4. The van der Waals surface area contributed by atoms with Crippen LogP contribution in [0.25, 0.3) is 6.08 Å². The zero-order valence-corrected chi connectivity index (χ0v) is 6.60. The molecule has 0 saturated carbocycles. The molecule has 13 heavy (non-hydrogen) atoms. The van der Waals surface area contributed by atoms with E-state index in [2.05, 4.69) is 6.58 Å². The Morgan fingerprint density at radius 1 is 1.31 bits per heavy atom. The van der Waals surface area contributed by atoms with Crippen molar-refractivity contribution in [3.63, 3.8) is 0 Å². The van der Waals surface area contributed by atoms with E-state index in [0.717, 1.165) is 18.2 Å². The fourth-order valence-electron chi connectivity index (χ4n) is 0.894. The number of phenolic OH excluding ortho intramolecular Hbond substituents is 1. The van der Waals surface area contributed by atoms with Crippen LogP contribution in [-0.4, -0.2) is 5.11 Å². The molecule has 1 aromatic rings. The minimum atomic E-state index is -4.38. The van der Waals surface area contributed by atoms with Crippen molar-refractivity contribution in [2.75, 3.05) is 0 Å². The first-order chi connectivity index (χ1) is 5.95. The summed E-state index contributed by atoms with van der Waals surface area (Å²) >= 11 is 0. The van der Waals surface area contributed by atoms with E-state index in [-0.39, 0.29) is 11.3 Å². The molecule has 0 aromatic heterocycles. The van der Waals surface area contributed by atoms with Crippen molar-refractivity contribution in [3.8, 4) is 5.75 Å². The molecule has 0 heterocycles. The fourth-order valence-corrected chi connectivity index (χ4v) is 0.894. The summed E-state index contributed by atoms with van der Waals surface area (Å²) in [5, 5.41) is 9.06. The molecule has 0 atom stereocenters. The number of halogens is 3. The number of aromatic hydroxyl groups is 1. The predicted molar refractivity (Wildman–Crippen MR) is 43.2 cm³/mol. The summed E-state index contributed by atoms with van der Waals surface area (Å²) in [6, 6.07) is 2.67. The number of phenols is 1. The Kier molecular flexibility index (Phi) is 2.32. The first kappa shape index (κ1) is 9.64. The van der Waals surface area contributed by atoms with Crippen molar-refractivity contribution in [2.24, 2.45) is 0 Å². The largest absolute Gasteiger partial charge is 0.507 e. The highest BCUT2D eigenvalue weighted by Gasteiger charge is 2.30. The second-order valence-corrected chi connectivity index (χ2v) is 2.48. The molecule has 0 amide bonds. The van der Waals surface area contributed by atoms with Crippen molar-refractivity contribution in [1.82, 2.24) is 0 Å². The average molecular weight is 188 g/mol. The van der Waals surface area contributed by atoms with Crippen LogP contribution < -0.4 is 0 Å². The Labute approximate surface area is 73.1 Å². The molecule has 0 radical (unpaired) electrons. The van der Waals surface area contributed by atoms with Gasteiger partial charge in [0.05, 0.1) is 5.56 Å². The lowest BCUT2D eigenvalue weighted by atomic mass is 10.1. The Balaban J connectivity index is 3.21. The van der Waals surface area contributed by atoms with Gasteiger partial charge in [-0.15, -0.1) is 0 Å². The van der Waals surface area contributed by atoms with Gasteiger partial charge in [-0.2, -0.15) is 13.2 Å². The Morgan fingerprint density at radius 2 is 1.92 bits per heavy atom. The molecule has 0 unspecified atom stereocenters. The van der Waals surface area contributed by atoms with Gasteiger partial charge in [0, 0.05) is 5.56 Å². The van der Waals surface area contributed by atoms with E-state index in [1.54, 1.807) is 0 Å². The topological polar surface area (TPSA) is 20.2 Å². The molecule has 1 N–H and O–H groups in total. The normalized spacial score (nSPS) is 11.3. The SMILES string of the molecule is C=Cc1cc(C(F)(F)F)ccc1O. The van der Waals surface area contributed by atoms with Crippen molar-refractivity contribution in [3.05, 3.63) is 35.9 Å². The minimum absolute atomic E-state index is 0.0785. The Morgan fingerprint density at radius 3 is 2.38 bits per heavy atom. The second kappa shape index (κ2) is 3.12. The first-order valence-electron chi connectivity index (χ1n) is 3.48. The molecule has 1 nitrogen and oxygen atoms in total. The van der Waals surface area contributed by atoms with Gasteiger partial charge in [0.2, 0.25) is 0 Å². The number of benzene rings is 1. The standard InChI is InChI=1S/C9H7F3O/c1-2-6-5-7(9(10,11)12)3-4-8(6)13/h2-5,13H,1H2. The van der Waals surface area contributed by atoms with Crippen molar-refractivity contribution in [2.45, 2.75) is 6.18 Å². The molecular formula is C9H7F3O. The molecule has 0 bridgehead atoms. The molecule has 4 heteroatoms.